The largest absolute Gasteiger partial charge is 0.410 e. The first-order valence-corrected chi connectivity index (χ1v) is 5.61. The number of amides is 2. The van der Waals surface area contributed by atoms with Crippen LogP contribution >= 0.6 is 0 Å². The Morgan fingerprint density at radius 1 is 1.17 bits per heavy atom. The third-order valence-corrected chi connectivity index (χ3v) is 2.27. The molecular weight excluding hydrogens is 236 g/mol. The second kappa shape index (κ2) is 6.48. The average Bonchev–Trinajstić information content (AvgIpc) is 2.28. The maximum Gasteiger partial charge on any atom is 0.410 e. The number of hydrogen-bond donors (Lipinski definition) is 2. The van der Waals surface area contributed by atoms with Crippen LogP contribution in [0.4, 0.5) is 9.59 Å². The summed E-state index contributed by atoms with van der Waals surface area (Å²) in [5.41, 5.74) is 10.7. The summed E-state index contributed by atoms with van der Waals surface area (Å²) in [5, 5.41) is 0. The van der Waals surface area contributed by atoms with E-state index in [9.17, 15) is 9.59 Å². The van der Waals surface area contributed by atoms with Crippen molar-refractivity contribution in [2.75, 3.05) is 0 Å². The van der Waals surface area contributed by atoms with Crippen LogP contribution in [-0.4, -0.2) is 12.2 Å². The van der Waals surface area contributed by atoms with E-state index in [1.165, 1.54) is 6.07 Å². The van der Waals surface area contributed by atoms with Gasteiger partial charge in [0.1, 0.15) is 0 Å². The van der Waals surface area contributed by atoms with Crippen LogP contribution in [0.15, 0.2) is 18.2 Å². The van der Waals surface area contributed by atoms with Gasteiger partial charge in [-0.3, -0.25) is 0 Å². The number of rotatable bonds is 5. The van der Waals surface area contributed by atoms with Crippen LogP contribution in [0.25, 0.3) is 0 Å². The average molecular weight is 252 g/mol. The fourth-order valence-corrected chi connectivity index (χ4v) is 1.53. The first kappa shape index (κ1) is 13.8. The van der Waals surface area contributed by atoms with Gasteiger partial charge in [-0.1, -0.05) is 25.5 Å². The lowest BCUT2D eigenvalue weighted by molar-refractivity contribution is 0.200. The van der Waals surface area contributed by atoms with Crippen molar-refractivity contribution in [3.63, 3.8) is 0 Å². The zero-order valence-electron chi connectivity index (χ0n) is 10.1. The standard InChI is InChI=1S/C12H16N2O4/c1-2-3-5-8-6-4-7-9(17-11(13)15)10(8)18-12(14)16/h4,6-7H,2-3,5H2,1H3,(H2,13,15)(H2,14,16). The van der Waals surface area contributed by atoms with Crippen LogP contribution in [0, 0.1) is 0 Å². The Morgan fingerprint density at radius 3 is 2.39 bits per heavy atom. The van der Waals surface area contributed by atoms with E-state index in [4.69, 9.17) is 20.9 Å². The zero-order chi connectivity index (χ0) is 13.5. The summed E-state index contributed by atoms with van der Waals surface area (Å²) in [6.07, 6.45) is 0.645. The molecule has 0 bridgehead atoms. The molecule has 4 N–H and O–H groups in total. The molecule has 0 radical (unpaired) electrons. The highest BCUT2D eigenvalue weighted by atomic mass is 16.6. The number of hydrogen-bond acceptors (Lipinski definition) is 4. The Kier molecular flexibility index (Phi) is 4.98. The lowest BCUT2D eigenvalue weighted by Gasteiger charge is -2.12. The van der Waals surface area contributed by atoms with Crippen molar-refractivity contribution in [2.45, 2.75) is 26.2 Å². The third kappa shape index (κ3) is 3.97. The topological polar surface area (TPSA) is 105 Å². The number of ether oxygens (including phenoxy) is 2. The summed E-state index contributed by atoms with van der Waals surface area (Å²) < 4.78 is 9.65. The van der Waals surface area contributed by atoms with Gasteiger partial charge in [0.05, 0.1) is 0 Å². The Morgan fingerprint density at radius 2 is 1.83 bits per heavy atom. The normalized spacial score (nSPS) is 9.83. The van der Waals surface area contributed by atoms with E-state index in [0.717, 1.165) is 18.4 Å². The van der Waals surface area contributed by atoms with Crippen molar-refractivity contribution >= 4 is 12.2 Å². The van der Waals surface area contributed by atoms with Gasteiger partial charge in [-0.05, 0) is 24.5 Å². The molecule has 1 aromatic carbocycles. The summed E-state index contributed by atoms with van der Waals surface area (Å²) in [4.78, 5) is 21.6. The van der Waals surface area contributed by atoms with Crippen molar-refractivity contribution in [3.8, 4) is 11.5 Å². The maximum atomic E-state index is 10.9. The second-order valence-corrected chi connectivity index (χ2v) is 3.69. The van der Waals surface area contributed by atoms with Crippen molar-refractivity contribution in [3.05, 3.63) is 23.8 Å². The Bertz CT molecular complexity index is 446. The number of aryl methyl sites for hydroxylation is 1. The molecule has 0 spiro atoms. The number of carbonyl (C=O) groups is 2. The number of nitrogens with two attached hydrogens (primary N) is 2. The molecule has 0 heterocycles. The smallest absolute Gasteiger partial charge is 0.406 e. The van der Waals surface area contributed by atoms with E-state index in [2.05, 4.69) is 0 Å². The first-order valence-electron chi connectivity index (χ1n) is 5.61. The van der Waals surface area contributed by atoms with Crippen LogP contribution in [0.2, 0.25) is 0 Å². The highest BCUT2D eigenvalue weighted by Gasteiger charge is 2.15. The molecule has 0 aromatic heterocycles. The number of unbranched alkanes of at least 4 members (excludes halogenated alkanes) is 1. The molecule has 0 saturated heterocycles. The molecule has 0 atom stereocenters. The molecule has 18 heavy (non-hydrogen) atoms. The predicted molar refractivity (Wildman–Crippen MR) is 65.5 cm³/mol. The maximum absolute atomic E-state index is 10.9. The van der Waals surface area contributed by atoms with Gasteiger partial charge in [0.15, 0.2) is 11.5 Å². The number of primary amides is 2. The summed E-state index contributed by atoms with van der Waals surface area (Å²) in [6, 6.07) is 4.96. The minimum atomic E-state index is -0.975. The van der Waals surface area contributed by atoms with Crippen LogP contribution in [0.3, 0.4) is 0 Å². The van der Waals surface area contributed by atoms with E-state index >= 15 is 0 Å². The molecule has 1 rings (SSSR count). The van der Waals surface area contributed by atoms with Crippen molar-refractivity contribution in [1.29, 1.82) is 0 Å². The van der Waals surface area contributed by atoms with Crippen molar-refractivity contribution in [2.24, 2.45) is 11.5 Å². The van der Waals surface area contributed by atoms with E-state index in [1.807, 2.05) is 6.92 Å². The minimum Gasteiger partial charge on any atom is -0.406 e. The van der Waals surface area contributed by atoms with Gasteiger partial charge >= 0.3 is 12.2 Å². The Hall–Kier alpha value is -2.24. The van der Waals surface area contributed by atoms with Crippen LogP contribution < -0.4 is 20.9 Å². The summed E-state index contributed by atoms with van der Waals surface area (Å²) >= 11 is 0. The van der Waals surface area contributed by atoms with E-state index < -0.39 is 12.2 Å². The van der Waals surface area contributed by atoms with Gasteiger partial charge in [-0.15, -0.1) is 0 Å². The first-order chi connectivity index (χ1) is 8.54. The molecule has 6 heteroatoms. The molecule has 2 amide bonds. The summed E-state index contributed by atoms with van der Waals surface area (Å²) in [6.45, 7) is 2.04. The van der Waals surface area contributed by atoms with Gasteiger partial charge in [0.2, 0.25) is 0 Å². The Balaban J connectivity index is 3.07. The zero-order valence-corrected chi connectivity index (χ0v) is 10.1. The predicted octanol–water partition coefficient (Wildman–Crippen LogP) is 1.94. The summed E-state index contributed by atoms with van der Waals surface area (Å²) in [7, 11) is 0. The molecule has 0 unspecified atom stereocenters. The number of para-hydroxylation sites is 1. The van der Waals surface area contributed by atoms with Crippen molar-refractivity contribution in [1.82, 2.24) is 0 Å². The molecule has 1 aromatic rings. The van der Waals surface area contributed by atoms with E-state index in [-0.39, 0.29) is 11.5 Å². The van der Waals surface area contributed by atoms with Gasteiger partial charge < -0.3 is 20.9 Å². The number of benzene rings is 1. The van der Waals surface area contributed by atoms with Crippen LogP contribution in [-0.2, 0) is 6.42 Å². The van der Waals surface area contributed by atoms with Gasteiger partial charge in [-0.2, -0.15) is 0 Å². The molecule has 0 aliphatic carbocycles. The number of carbonyl (C=O) groups excluding carboxylic acids is 2. The molecule has 98 valence electrons. The fourth-order valence-electron chi connectivity index (χ4n) is 1.53. The van der Waals surface area contributed by atoms with Crippen LogP contribution in [0.5, 0.6) is 11.5 Å². The highest BCUT2D eigenvalue weighted by Crippen LogP contribution is 2.32. The molecule has 0 fully saturated rings. The second-order valence-electron chi connectivity index (χ2n) is 3.69. The molecular formula is C12H16N2O4. The SMILES string of the molecule is CCCCc1cccc(OC(N)=O)c1OC(N)=O. The monoisotopic (exact) mass is 252 g/mol. The lowest BCUT2D eigenvalue weighted by Crippen LogP contribution is -2.20. The fraction of sp³-hybridized carbons (Fsp3) is 0.333. The molecule has 0 aliphatic rings. The summed E-state index contributed by atoms with van der Waals surface area (Å²) in [5.74, 6) is 0.243. The van der Waals surface area contributed by atoms with Gasteiger partial charge in [-0.25, -0.2) is 9.59 Å². The quantitative estimate of drug-likeness (QED) is 0.835. The van der Waals surface area contributed by atoms with E-state index in [0.29, 0.717) is 6.42 Å². The third-order valence-electron chi connectivity index (χ3n) is 2.27. The highest BCUT2D eigenvalue weighted by molar-refractivity contribution is 5.73. The molecule has 6 nitrogen and oxygen atoms in total. The van der Waals surface area contributed by atoms with Gasteiger partial charge in [0, 0.05) is 0 Å². The minimum absolute atomic E-state index is 0.0925. The van der Waals surface area contributed by atoms with Crippen LogP contribution in [0.1, 0.15) is 25.3 Å². The Labute approximate surface area is 105 Å². The molecule has 0 aliphatic heterocycles. The van der Waals surface area contributed by atoms with Gasteiger partial charge in [0.25, 0.3) is 0 Å². The van der Waals surface area contributed by atoms with Crippen molar-refractivity contribution < 1.29 is 19.1 Å². The van der Waals surface area contributed by atoms with E-state index in [1.54, 1.807) is 12.1 Å². The lowest BCUT2D eigenvalue weighted by atomic mass is 10.1. The molecule has 0 saturated carbocycles.